The fourth-order valence-corrected chi connectivity index (χ4v) is 2.79. The zero-order chi connectivity index (χ0) is 16.1. The number of ketones is 1. The van der Waals surface area contributed by atoms with Crippen molar-refractivity contribution in [1.82, 2.24) is 4.90 Å². The minimum Gasteiger partial charge on any atom is -0.444 e. The predicted octanol–water partition coefficient (Wildman–Crippen LogP) is 3.95. The molecule has 1 aliphatic heterocycles. The number of carbonyl (C=O) groups excluding carboxylic acids is 2. The van der Waals surface area contributed by atoms with E-state index in [2.05, 4.69) is 6.58 Å². The van der Waals surface area contributed by atoms with Crippen molar-refractivity contribution in [2.24, 2.45) is 5.41 Å². The van der Waals surface area contributed by atoms with E-state index >= 15 is 0 Å². The van der Waals surface area contributed by atoms with E-state index in [1.807, 2.05) is 26.8 Å². The molecule has 0 radical (unpaired) electrons. The summed E-state index contributed by atoms with van der Waals surface area (Å²) in [5.41, 5.74) is -0.340. The second-order valence-corrected chi connectivity index (χ2v) is 7.16. The summed E-state index contributed by atoms with van der Waals surface area (Å²) in [6.45, 7) is 12.5. The summed E-state index contributed by atoms with van der Waals surface area (Å²) in [7, 11) is 0. The molecular weight excluding hydrogens is 266 g/mol. The van der Waals surface area contributed by atoms with Crippen LogP contribution >= 0.6 is 0 Å². The standard InChI is InChI=1S/C17H29NO3/c1-6-8-17(9-7-14(2)19)10-12-18(13-11-17)15(20)21-16(3,4)5/h6H,1,7-13H2,2-5H3. The van der Waals surface area contributed by atoms with Crippen LogP contribution in [0.2, 0.25) is 0 Å². The average Bonchev–Trinajstić information content (AvgIpc) is 2.35. The van der Waals surface area contributed by atoms with Crippen molar-refractivity contribution in [3.8, 4) is 0 Å². The maximum atomic E-state index is 12.1. The Labute approximate surface area is 128 Å². The highest BCUT2D eigenvalue weighted by Crippen LogP contribution is 2.40. The molecule has 0 bridgehead atoms. The topological polar surface area (TPSA) is 46.6 Å². The maximum Gasteiger partial charge on any atom is 0.410 e. The van der Waals surface area contributed by atoms with E-state index in [9.17, 15) is 9.59 Å². The van der Waals surface area contributed by atoms with Crippen LogP contribution in [-0.2, 0) is 9.53 Å². The fourth-order valence-electron chi connectivity index (χ4n) is 2.79. The first-order valence-electron chi connectivity index (χ1n) is 7.76. The fraction of sp³-hybridized carbons (Fsp3) is 0.765. The Balaban J connectivity index is 2.59. The van der Waals surface area contributed by atoms with Gasteiger partial charge in [0.2, 0.25) is 0 Å². The van der Waals surface area contributed by atoms with Crippen molar-refractivity contribution < 1.29 is 14.3 Å². The van der Waals surface area contributed by atoms with E-state index in [1.165, 1.54) is 0 Å². The van der Waals surface area contributed by atoms with E-state index in [0.29, 0.717) is 19.5 Å². The number of piperidine rings is 1. The lowest BCUT2D eigenvalue weighted by Crippen LogP contribution is -2.45. The molecule has 1 rings (SSSR count). The largest absolute Gasteiger partial charge is 0.444 e. The molecule has 1 aliphatic rings. The molecule has 0 aliphatic carbocycles. The number of allylic oxidation sites excluding steroid dienone is 1. The van der Waals surface area contributed by atoms with Crippen molar-refractivity contribution >= 4 is 11.9 Å². The van der Waals surface area contributed by atoms with Crippen LogP contribution in [0.4, 0.5) is 4.79 Å². The number of hydrogen-bond acceptors (Lipinski definition) is 3. The Morgan fingerprint density at radius 1 is 1.29 bits per heavy atom. The van der Waals surface area contributed by atoms with Gasteiger partial charge in [0.15, 0.2) is 0 Å². The Morgan fingerprint density at radius 2 is 1.86 bits per heavy atom. The lowest BCUT2D eigenvalue weighted by atomic mass is 9.72. The normalized spacial score (nSPS) is 18.2. The van der Waals surface area contributed by atoms with Gasteiger partial charge in [0.25, 0.3) is 0 Å². The number of amides is 1. The molecule has 0 unspecified atom stereocenters. The monoisotopic (exact) mass is 295 g/mol. The molecule has 1 saturated heterocycles. The average molecular weight is 295 g/mol. The molecular formula is C17H29NO3. The Kier molecular flexibility index (Phi) is 5.99. The van der Waals surface area contributed by atoms with Crippen LogP contribution in [0.1, 0.15) is 59.8 Å². The molecule has 1 amide bonds. The van der Waals surface area contributed by atoms with Crippen molar-refractivity contribution in [2.75, 3.05) is 13.1 Å². The van der Waals surface area contributed by atoms with Gasteiger partial charge in [0.05, 0.1) is 0 Å². The SMILES string of the molecule is C=CCC1(CCC(C)=O)CCN(C(=O)OC(C)(C)C)CC1. The van der Waals surface area contributed by atoms with Crippen molar-refractivity contribution in [1.29, 1.82) is 0 Å². The van der Waals surface area contributed by atoms with Gasteiger partial charge in [-0.2, -0.15) is 0 Å². The number of carbonyl (C=O) groups is 2. The molecule has 4 nitrogen and oxygen atoms in total. The van der Waals surface area contributed by atoms with Crippen LogP contribution < -0.4 is 0 Å². The van der Waals surface area contributed by atoms with Crippen LogP contribution in [-0.4, -0.2) is 35.5 Å². The quantitative estimate of drug-likeness (QED) is 0.721. The molecule has 0 aromatic carbocycles. The number of rotatable bonds is 5. The first kappa shape index (κ1) is 17.7. The van der Waals surface area contributed by atoms with E-state index < -0.39 is 5.60 Å². The summed E-state index contributed by atoms with van der Waals surface area (Å²) in [4.78, 5) is 25.1. The minimum absolute atomic E-state index is 0.117. The first-order valence-corrected chi connectivity index (χ1v) is 7.76. The third kappa shape index (κ3) is 5.90. The van der Waals surface area contributed by atoms with E-state index in [4.69, 9.17) is 4.74 Å². The zero-order valence-corrected chi connectivity index (χ0v) is 13.9. The van der Waals surface area contributed by atoms with Gasteiger partial charge in [-0.25, -0.2) is 4.79 Å². The maximum absolute atomic E-state index is 12.1. The summed E-state index contributed by atoms with van der Waals surface area (Å²) < 4.78 is 5.42. The molecule has 0 saturated carbocycles. The van der Waals surface area contributed by atoms with E-state index in [-0.39, 0.29) is 17.3 Å². The molecule has 0 aromatic heterocycles. The molecule has 21 heavy (non-hydrogen) atoms. The number of Topliss-reactive ketones (excluding diaryl/α,β-unsaturated/α-hetero) is 1. The number of hydrogen-bond donors (Lipinski definition) is 0. The van der Waals surface area contributed by atoms with Gasteiger partial charge in [-0.05, 0) is 58.8 Å². The molecule has 4 heteroatoms. The van der Waals surface area contributed by atoms with Crippen LogP contribution in [0.5, 0.6) is 0 Å². The van der Waals surface area contributed by atoms with Gasteiger partial charge in [-0.15, -0.1) is 6.58 Å². The highest BCUT2D eigenvalue weighted by Gasteiger charge is 2.36. The first-order chi connectivity index (χ1) is 9.67. The van der Waals surface area contributed by atoms with Gasteiger partial charge in [-0.1, -0.05) is 6.08 Å². The molecule has 0 atom stereocenters. The lowest BCUT2D eigenvalue weighted by molar-refractivity contribution is -0.117. The van der Waals surface area contributed by atoms with Crippen molar-refractivity contribution in [2.45, 2.75) is 65.4 Å². The molecule has 0 aromatic rings. The molecule has 0 spiro atoms. The number of nitrogens with zero attached hydrogens (tertiary/aromatic N) is 1. The van der Waals surface area contributed by atoms with Crippen LogP contribution in [0.3, 0.4) is 0 Å². The van der Waals surface area contributed by atoms with Crippen molar-refractivity contribution in [3.05, 3.63) is 12.7 Å². The Bertz CT molecular complexity index is 387. The second-order valence-electron chi connectivity index (χ2n) is 7.16. The van der Waals surface area contributed by atoms with Gasteiger partial charge in [0.1, 0.15) is 11.4 Å². The molecule has 1 heterocycles. The summed E-state index contributed by atoms with van der Waals surface area (Å²) in [5, 5.41) is 0. The van der Waals surface area contributed by atoms with Gasteiger partial charge >= 0.3 is 6.09 Å². The minimum atomic E-state index is -0.457. The van der Waals surface area contributed by atoms with Gasteiger partial charge < -0.3 is 14.4 Å². The number of likely N-dealkylation sites (tertiary alicyclic amines) is 1. The number of ether oxygens (including phenoxy) is 1. The molecule has 0 N–H and O–H groups in total. The van der Waals surface area contributed by atoms with Crippen LogP contribution in [0.25, 0.3) is 0 Å². The van der Waals surface area contributed by atoms with Crippen molar-refractivity contribution in [3.63, 3.8) is 0 Å². The zero-order valence-electron chi connectivity index (χ0n) is 13.9. The Hall–Kier alpha value is -1.32. The van der Waals surface area contributed by atoms with Crippen LogP contribution in [0.15, 0.2) is 12.7 Å². The van der Waals surface area contributed by atoms with E-state index in [0.717, 1.165) is 25.7 Å². The second kappa shape index (κ2) is 7.10. The summed E-state index contributed by atoms with van der Waals surface area (Å²) in [6, 6.07) is 0. The summed E-state index contributed by atoms with van der Waals surface area (Å²) >= 11 is 0. The highest BCUT2D eigenvalue weighted by atomic mass is 16.6. The highest BCUT2D eigenvalue weighted by molar-refractivity contribution is 5.75. The Morgan fingerprint density at radius 3 is 2.29 bits per heavy atom. The molecule has 1 fully saturated rings. The van der Waals surface area contributed by atoms with Gasteiger partial charge in [0, 0.05) is 19.5 Å². The molecule has 120 valence electrons. The lowest BCUT2D eigenvalue weighted by Gasteiger charge is -2.41. The van der Waals surface area contributed by atoms with Crippen LogP contribution in [0, 0.1) is 5.41 Å². The smallest absolute Gasteiger partial charge is 0.410 e. The third-order valence-electron chi connectivity index (χ3n) is 4.06. The summed E-state index contributed by atoms with van der Waals surface area (Å²) in [6.07, 6.45) is 5.92. The summed E-state index contributed by atoms with van der Waals surface area (Å²) in [5.74, 6) is 0.230. The predicted molar refractivity (Wildman–Crippen MR) is 84.2 cm³/mol. The third-order valence-corrected chi connectivity index (χ3v) is 4.06. The van der Waals surface area contributed by atoms with E-state index in [1.54, 1.807) is 11.8 Å². The van der Waals surface area contributed by atoms with Gasteiger partial charge in [-0.3, -0.25) is 0 Å².